The molecule has 0 N–H and O–H groups in total. The van der Waals surface area contributed by atoms with Crippen molar-refractivity contribution < 1.29 is 0 Å². The van der Waals surface area contributed by atoms with Gasteiger partial charge in [-0.1, -0.05) is 67.1 Å². The van der Waals surface area contributed by atoms with Crippen molar-refractivity contribution in [3.8, 4) is 11.4 Å². The lowest BCUT2D eigenvalue weighted by molar-refractivity contribution is 0.718. The van der Waals surface area contributed by atoms with Crippen LogP contribution in [0, 0.1) is 12.8 Å². The van der Waals surface area contributed by atoms with Crippen LogP contribution in [0.5, 0.6) is 0 Å². The molecule has 164 valence electrons. The number of hydrogen-bond acceptors (Lipinski definition) is 0. The Morgan fingerprint density at radius 3 is 2.12 bits per heavy atom. The van der Waals surface area contributed by atoms with Crippen molar-refractivity contribution in [3.05, 3.63) is 114 Å². The normalized spacial score (nSPS) is 15.4. The van der Waals surface area contributed by atoms with E-state index in [2.05, 4.69) is 126 Å². The first-order chi connectivity index (χ1) is 16.7. The Balaban J connectivity index is 1.73. The lowest BCUT2D eigenvalue weighted by atomic mass is 9.93. The fourth-order valence-electron chi connectivity index (χ4n) is 5.81. The average molecular weight is 439 g/mol. The molecule has 1 atom stereocenters. The molecule has 0 aliphatic heterocycles. The van der Waals surface area contributed by atoms with Crippen LogP contribution in [0.4, 0.5) is 0 Å². The van der Waals surface area contributed by atoms with Gasteiger partial charge in [0, 0.05) is 33.2 Å². The van der Waals surface area contributed by atoms with E-state index in [9.17, 15) is 0 Å². The summed E-state index contributed by atoms with van der Waals surface area (Å²) in [7, 11) is 0. The number of para-hydroxylation sites is 2. The highest BCUT2D eigenvalue weighted by Crippen LogP contribution is 2.43. The van der Waals surface area contributed by atoms with E-state index in [1.807, 2.05) is 0 Å². The van der Waals surface area contributed by atoms with Crippen LogP contribution in [0.1, 0.15) is 23.7 Å². The third-order valence-electron chi connectivity index (χ3n) is 7.30. The molecule has 0 saturated carbocycles. The van der Waals surface area contributed by atoms with Crippen molar-refractivity contribution in [2.45, 2.75) is 20.3 Å². The second kappa shape index (κ2) is 7.23. The second-order valence-corrected chi connectivity index (χ2v) is 9.62. The van der Waals surface area contributed by atoms with Gasteiger partial charge in [-0.15, -0.1) is 0 Å². The number of hydrogen-bond donors (Lipinski definition) is 0. The number of aromatic nitrogens is 2. The Morgan fingerprint density at radius 1 is 0.706 bits per heavy atom. The molecule has 0 radical (unpaired) electrons. The van der Waals surface area contributed by atoms with E-state index in [1.54, 1.807) is 0 Å². The smallest absolute Gasteiger partial charge is 0.0637 e. The molecule has 1 aliphatic rings. The molecule has 0 amide bonds. The van der Waals surface area contributed by atoms with Gasteiger partial charge in [0.25, 0.3) is 0 Å². The van der Waals surface area contributed by atoms with E-state index in [-0.39, 0.29) is 0 Å². The summed E-state index contributed by atoms with van der Waals surface area (Å²) in [5, 5.41) is 4.02. The van der Waals surface area contributed by atoms with Crippen molar-refractivity contribution in [1.82, 2.24) is 9.13 Å². The van der Waals surface area contributed by atoms with Crippen LogP contribution in [-0.4, -0.2) is 9.13 Å². The van der Waals surface area contributed by atoms with Crippen LogP contribution >= 0.6 is 0 Å². The van der Waals surface area contributed by atoms with Crippen molar-refractivity contribution in [1.29, 1.82) is 0 Å². The van der Waals surface area contributed by atoms with Gasteiger partial charge in [-0.25, -0.2) is 0 Å². The molecular weight excluding hydrogens is 412 g/mol. The molecule has 1 unspecified atom stereocenters. The van der Waals surface area contributed by atoms with Gasteiger partial charge in [-0.3, -0.25) is 0 Å². The Hall–Kier alpha value is -4.04. The quantitative estimate of drug-likeness (QED) is 0.258. The van der Waals surface area contributed by atoms with Gasteiger partial charge in [-0.05, 0) is 73.4 Å². The SMILES string of the molecule is Cc1ccc2c(c1)c1c3c(ccc1n2-c1ccccc1)c1c(n3-c2ccccc2)C=CC(C)C1. The lowest BCUT2D eigenvalue weighted by Crippen LogP contribution is -2.05. The Kier molecular flexibility index (Phi) is 4.13. The first-order valence-electron chi connectivity index (χ1n) is 12.1. The van der Waals surface area contributed by atoms with E-state index < -0.39 is 0 Å². The second-order valence-electron chi connectivity index (χ2n) is 9.62. The summed E-state index contributed by atoms with van der Waals surface area (Å²) in [5.41, 5.74) is 10.3. The summed E-state index contributed by atoms with van der Waals surface area (Å²) in [6.45, 7) is 4.51. The molecule has 2 aromatic heterocycles. The first kappa shape index (κ1) is 19.4. The highest BCUT2D eigenvalue weighted by Gasteiger charge is 2.25. The average Bonchev–Trinajstić information content (AvgIpc) is 3.37. The highest BCUT2D eigenvalue weighted by atomic mass is 15.0. The topological polar surface area (TPSA) is 9.86 Å². The zero-order valence-electron chi connectivity index (χ0n) is 19.5. The maximum atomic E-state index is 2.49. The molecule has 0 spiro atoms. The summed E-state index contributed by atoms with van der Waals surface area (Å²) in [6.07, 6.45) is 5.77. The Labute approximate surface area is 199 Å². The van der Waals surface area contributed by atoms with Crippen LogP contribution in [0.2, 0.25) is 0 Å². The molecule has 0 saturated heterocycles. The monoisotopic (exact) mass is 438 g/mol. The van der Waals surface area contributed by atoms with E-state index in [0.717, 1.165) is 6.42 Å². The number of benzene rings is 4. The number of rotatable bonds is 2. The van der Waals surface area contributed by atoms with Crippen LogP contribution < -0.4 is 0 Å². The molecule has 0 fully saturated rings. The summed E-state index contributed by atoms with van der Waals surface area (Å²) in [6, 6.07) is 33.1. The first-order valence-corrected chi connectivity index (χ1v) is 12.1. The summed E-state index contributed by atoms with van der Waals surface area (Å²) >= 11 is 0. The lowest BCUT2D eigenvalue weighted by Gasteiger charge is -2.15. The molecule has 4 aromatic carbocycles. The van der Waals surface area contributed by atoms with Crippen LogP contribution in [0.3, 0.4) is 0 Å². The number of nitrogens with zero attached hydrogens (tertiary/aromatic N) is 2. The zero-order chi connectivity index (χ0) is 22.8. The van der Waals surface area contributed by atoms with Crippen molar-refractivity contribution in [2.24, 2.45) is 5.92 Å². The number of fused-ring (bicyclic) bond motifs is 7. The standard InChI is InChI=1S/C32H26N2/c1-21-13-16-28-26(19-21)25-15-18-30-31(32(25)34(28)24-11-7-4-8-12-24)27-20-22(2)14-17-29(27)33(30)23-9-5-3-6-10-23/h3-18,20-21H,19H2,1-2H3. The Morgan fingerprint density at radius 2 is 1.38 bits per heavy atom. The summed E-state index contributed by atoms with van der Waals surface area (Å²) in [5.74, 6) is 0.547. The molecule has 2 heterocycles. The molecule has 1 aliphatic carbocycles. The maximum Gasteiger partial charge on any atom is 0.0637 e. The van der Waals surface area contributed by atoms with Gasteiger partial charge in [0.2, 0.25) is 0 Å². The van der Waals surface area contributed by atoms with E-state index >= 15 is 0 Å². The summed E-state index contributed by atoms with van der Waals surface area (Å²) < 4.78 is 4.91. The fourth-order valence-corrected chi connectivity index (χ4v) is 5.81. The third kappa shape index (κ3) is 2.69. The van der Waals surface area contributed by atoms with Crippen LogP contribution in [0.15, 0.2) is 97.1 Å². The molecular formula is C32H26N2. The van der Waals surface area contributed by atoms with Crippen molar-refractivity contribution in [2.75, 3.05) is 0 Å². The largest absolute Gasteiger partial charge is 0.309 e. The van der Waals surface area contributed by atoms with Crippen LogP contribution in [0.25, 0.3) is 50.2 Å². The highest BCUT2D eigenvalue weighted by molar-refractivity contribution is 6.22. The Bertz CT molecular complexity index is 1730. The van der Waals surface area contributed by atoms with Gasteiger partial charge >= 0.3 is 0 Å². The number of allylic oxidation sites excluding steroid dienone is 1. The zero-order valence-corrected chi connectivity index (χ0v) is 19.5. The summed E-state index contributed by atoms with van der Waals surface area (Å²) in [4.78, 5) is 0. The van der Waals surface area contributed by atoms with E-state index in [1.165, 1.54) is 60.9 Å². The molecule has 6 aromatic rings. The van der Waals surface area contributed by atoms with E-state index in [4.69, 9.17) is 0 Å². The van der Waals surface area contributed by atoms with Gasteiger partial charge < -0.3 is 9.13 Å². The molecule has 2 heteroatoms. The van der Waals surface area contributed by atoms with Gasteiger partial charge in [0.05, 0.1) is 16.6 Å². The van der Waals surface area contributed by atoms with Gasteiger partial charge in [-0.2, -0.15) is 0 Å². The fraction of sp³-hybridized carbons (Fsp3) is 0.125. The molecule has 0 bridgehead atoms. The van der Waals surface area contributed by atoms with Crippen molar-refractivity contribution in [3.63, 3.8) is 0 Å². The predicted molar refractivity (Wildman–Crippen MR) is 144 cm³/mol. The minimum Gasteiger partial charge on any atom is -0.309 e. The maximum absolute atomic E-state index is 2.49. The minimum atomic E-state index is 0.547. The molecule has 34 heavy (non-hydrogen) atoms. The van der Waals surface area contributed by atoms with Crippen molar-refractivity contribution >= 4 is 38.8 Å². The van der Waals surface area contributed by atoms with Gasteiger partial charge in [0.15, 0.2) is 0 Å². The van der Waals surface area contributed by atoms with E-state index in [0.29, 0.717) is 5.92 Å². The minimum absolute atomic E-state index is 0.547. The third-order valence-corrected chi connectivity index (χ3v) is 7.30. The predicted octanol–water partition coefficient (Wildman–Crippen LogP) is 8.24. The van der Waals surface area contributed by atoms with Gasteiger partial charge in [0.1, 0.15) is 0 Å². The number of aryl methyl sites for hydroxylation is 1. The van der Waals surface area contributed by atoms with Crippen LogP contribution in [-0.2, 0) is 6.42 Å². The molecule has 2 nitrogen and oxygen atoms in total. The molecule has 7 rings (SSSR count).